The fourth-order valence-corrected chi connectivity index (χ4v) is 3.79. The number of hydrogen-bond acceptors (Lipinski definition) is 2. The largest absolute Gasteiger partial charge is 0.353 e. The van der Waals surface area contributed by atoms with Gasteiger partial charge in [0.15, 0.2) is 0 Å². The van der Waals surface area contributed by atoms with Crippen molar-refractivity contribution in [2.45, 2.75) is 44.4 Å². The van der Waals surface area contributed by atoms with Crippen molar-refractivity contribution in [1.82, 2.24) is 5.32 Å². The van der Waals surface area contributed by atoms with E-state index in [1.165, 1.54) is 18.4 Å². The van der Waals surface area contributed by atoms with Crippen molar-refractivity contribution in [2.24, 2.45) is 5.92 Å². The molecular formula is C16H22BrNOS. The topological polar surface area (TPSA) is 29.1 Å². The Bertz CT molecular complexity index is 444. The lowest BCUT2D eigenvalue weighted by Gasteiger charge is -2.26. The van der Waals surface area contributed by atoms with E-state index in [9.17, 15) is 4.79 Å². The summed E-state index contributed by atoms with van der Waals surface area (Å²) in [6.45, 7) is 2.30. The van der Waals surface area contributed by atoms with Crippen molar-refractivity contribution < 1.29 is 4.79 Å². The third-order valence-corrected chi connectivity index (χ3v) is 5.27. The molecule has 1 aliphatic carbocycles. The number of rotatable bonds is 5. The molecule has 4 heteroatoms. The Hall–Kier alpha value is -0.480. The van der Waals surface area contributed by atoms with Gasteiger partial charge in [0.05, 0.1) is 5.75 Å². The summed E-state index contributed by atoms with van der Waals surface area (Å²) in [7, 11) is 0. The number of halogens is 1. The van der Waals surface area contributed by atoms with Gasteiger partial charge in [0.25, 0.3) is 0 Å². The highest BCUT2D eigenvalue weighted by molar-refractivity contribution is 9.10. The second-order valence-corrected chi connectivity index (χ2v) is 7.55. The molecule has 0 unspecified atom stereocenters. The molecule has 20 heavy (non-hydrogen) atoms. The lowest BCUT2D eigenvalue weighted by atomic mass is 9.87. The first-order valence-electron chi connectivity index (χ1n) is 7.25. The van der Waals surface area contributed by atoms with E-state index in [0.717, 1.165) is 29.0 Å². The van der Waals surface area contributed by atoms with Crippen molar-refractivity contribution in [3.8, 4) is 0 Å². The quantitative estimate of drug-likeness (QED) is 0.848. The number of nitrogens with one attached hydrogen (secondary N) is 1. The molecular weight excluding hydrogens is 334 g/mol. The molecule has 0 bridgehead atoms. The van der Waals surface area contributed by atoms with Crippen LogP contribution in [0, 0.1) is 5.92 Å². The van der Waals surface area contributed by atoms with Crippen LogP contribution in [-0.4, -0.2) is 17.7 Å². The van der Waals surface area contributed by atoms with Gasteiger partial charge >= 0.3 is 0 Å². The van der Waals surface area contributed by atoms with E-state index in [1.54, 1.807) is 11.8 Å². The molecule has 0 atom stereocenters. The Morgan fingerprint density at radius 1 is 1.35 bits per heavy atom. The van der Waals surface area contributed by atoms with Gasteiger partial charge in [0.1, 0.15) is 0 Å². The summed E-state index contributed by atoms with van der Waals surface area (Å²) in [5.41, 5.74) is 1.25. The molecule has 1 aromatic carbocycles. The fourth-order valence-electron chi connectivity index (χ4n) is 2.56. The number of carbonyl (C=O) groups excluding carboxylic acids is 1. The van der Waals surface area contributed by atoms with Gasteiger partial charge in [-0.1, -0.05) is 35.0 Å². The van der Waals surface area contributed by atoms with Crippen LogP contribution >= 0.6 is 27.7 Å². The molecule has 1 amide bonds. The van der Waals surface area contributed by atoms with Gasteiger partial charge in [0.2, 0.25) is 5.91 Å². The molecule has 0 saturated heterocycles. The van der Waals surface area contributed by atoms with Gasteiger partial charge in [-0.2, -0.15) is 0 Å². The minimum absolute atomic E-state index is 0.185. The van der Waals surface area contributed by atoms with E-state index < -0.39 is 0 Å². The molecule has 1 saturated carbocycles. The first-order chi connectivity index (χ1) is 9.63. The molecule has 0 aromatic heterocycles. The third kappa shape index (κ3) is 5.49. The number of thioether (sulfide) groups is 1. The van der Waals surface area contributed by atoms with E-state index in [0.29, 0.717) is 11.8 Å². The van der Waals surface area contributed by atoms with Gasteiger partial charge in [-0.15, -0.1) is 11.8 Å². The Labute approximate surface area is 134 Å². The van der Waals surface area contributed by atoms with Crippen LogP contribution in [0.1, 0.15) is 38.2 Å². The number of hydrogen-bond donors (Lipinski definition) is 1. The summed E-state index contributed by atoms with van der Waals surface area (Å²) >= 11 is 5.14. The zero-order valence-corrected chi connectivity index (χ0v) is 14.3. The standard InChI is InChI=1S/C16H22BrNOS/c1-12-5-7-15(8-6-12)18-16(19)11-20-10-13-3-2-4-14(17)9-13/h2-4,9,12,15H,5-8,10-11H2,1H3,(H,18,19). The Morgan fingerprint density at radius 2 is 2.10 bits per heavy atom. The van der Waals surface area contributed by atoms with Gasteiger partial charge in [-0.05, 0) is 49.3 Å². The highest BCUT2D eigenvalue weighted by Gasteiger charge is 2.19. The first-order valence-corrected chi connectivity index (χ1v) is 9.20. The average Bonchev–Trinajstić information content (AvgIpc) is 2.41. The molecule has 1 aromatic rings. The zero-order chi connectivity index (χ0) is 14.4. The number of carbonyl (C=O) groups is 1. The molecule has 0 radical (unpaired) electrons. The summed E-state index contributed by atoms with van der Waals surface area (Å²) in [6.07, 6.45) is 4.78. The van der Waals surface area contributed by atoms with Crippen LogP contribution in [0.3, 0.4) is 0 Å². The van der Waals surface area contributed by atoms with Crippen molar-refractivity contribution in [1.29, 1.82) is 0 Å². The SMILES string of the molecule is CC1CCC(NC(=O)CSCc2cccc(Br)c2)CC1. The van der Waals surface area contributed by atoms with Gasteiger partial charge in [-0.25, -0.2) is 0 Å². The van der Waals surface area contributed by atoms with Gasteiger partial charge in [0, 0.05) is 16.3 Å². The van der Waals surface area contributed by atoms with Crippen LogP contribution in [0.25, 0.3) is 0 Å². The monoisotopic (exact) mass is 355 g/mol. The van der Waals surface area contributed by atoms with Crippen LogP contribution in [0.4, 0.5) is 0 Å². The highest BCUT2D eigenvalue weighted by atomic mass is 79.9. The van der Waals surface area contributed by atoms with Crippen LogP contribution in [-0.2, 0) is 10.5 Å². The second-order valence-electron chi connectivity index (χ2n) is 5.65. The normalized spacial score (nSPS) is 22.5. The molecule has 0 aliphatic heterocycles. The summed E-state index contributed by atoms with van der Waals surface area (Å²) < 4.78 is 1.09. The molecule has 1 aliphatic rings. The second kappa shape index (κ2) is 8.08. The Balaban J connectivity index is 1.65. The predicted molar refractivity (Wildman–Crippen MR) is 89.9 cm³/mol. The van der Waals surface area contributed by atoms with Crippen LogP contribution in [0.15, 0.2) is 28.7 Å². The molecule has 0 heterocycles. The summed E-state index contributed by atoms with van der Waals surface area (Å²) in [6, 6.07) is 8.66. The van der Waals surface area contributed by atoms with E-state index in [1.807, 2.05) is 12.1 Å². The van der Waals surface area contributed by atoms with Crippen LogP contribution in [0.2, 0.25) is 0 Å². The zero-order valence-electron chi connectivity index (χ0n) is 11.9. The fraction of sp³-hybridized carbons (Fsp3) is 0.562. The minimum atomic E-state index is 0.185. The molecule has 2 rings (SSSR count). The van der Waals surface area contributed by atoms with E-state index >= 15 is 0 Å². The molecule has 2 nitrogen and oxygen atoms in total. The minimum Gasteiger partial charge on any atom is -0.353 e. The van der Waals surface area contributed by atoms with Crippen molar-refractivity contribution in [2.75, 3.05) is 5.75 Å². The van der Waals surface area contributed by atoms with Crippen molar-refractivity contribution in [3.05, 3.63) is 34.3 Å². The van der Waals surface area contributed by atoms with E-state index in [-0.39, 0.29) is 5.91 Å². The lowest BCUT2D eigenvalue weighted by Crippen LogP contribution is -2.38. The Kier molecular flexibility index (Phi) is 6.43. The highest BCUT2D eigenvalue weighted by Crippen LogP contribution is 2.23. The van der Waals surface area contributed by atoms with Crippen LogP contribution in [0.5, 0.6) is 0 Å². The summed E-state index contributed by atoms with van der Waals surface area (Å²) in [5, 5.41) is 3.17. The predicted octanol–water partition coefficient (Wildman–Crippen LogP) is 4.38. The lowest BCUT2D eigenvalue weighted by molar-refractivity contribution is -0.119. The first kappa shape index (κ1) is 15.9. The third-order valence-electron chi connectivity index (χ3n) is 3.77. The number of amides is 1. The summed E-state index contributed by atoms with van der Waals surface area (Å²) in [4.78, 5) is 11.9. The van der Waals surface area contributed by atoms with Crippen molar-refractivity contribution in [3.63, 3.8) is 0 Å². The number of benzene rings is 1. The summed E-state index contributed by atoms with van der Waals surface area (Å²) in [5.74, 6) is 2.45. The molecule has 0 spiro atoms. The maximum absolute atomic E-state index is 11.9. The van der Waals surface area contributed by atoms with E-state index in [2.05, 4.69) is 40.3 Å². The smallest absolute Gasteiger partial charge is 0.230 e. The van der Waals surface area contributed by atoms with Crippen molar-refractivity contribution >= 4 is 33.6 Å². The molecule has 1 fully saturated rings. The molecule has 1 N–H and O–H groups in total. The van der Waals surface area contributed by atoms with Gasteiger partial charge < -0.3 is 5.32 Å². The maximum atomic E-state index is 11.9. The molecule has 110 valence electrons. The maximum Gasteiger partial charge on any atom is 0.230 e. The van der Waals surface area contributed by atoms with E-state index in [4.69, 9.17) is 0 Å². The van der Waals surface area contributed by atoms with Crippen LogP contribution < -0.4 is 5.32 Å². The average molecular weight is 356 g/mol. The Morgan fingerprint density at radius 3 is 2.80 bits per heavy atom. The van der Waals surface area contributed by atoms with Gasteiger partial charge in [-0.3, -0.25) is 4.79 Å².